The monoisotopic (exact) mass is 486 g/mol. The van der Waals surface area contributed by atoms with Gasteiger partial charge in [-0.15, -0.1) is 15.3 Å². The van der Waals surface area contributed by atoms with Gasteiger partial charge < -0.3 is 20.1 Å². The molecule has 2 aromatic heterocycles. The predicted molar refractivity (Wildman–Crippen MR) is 139 cm³/mol. The lowest BCUT2D eigenvalue weighted by atomic mass is 9.84. The van der Waals surface area contributed by atoms with Gasteiger partial charge in [0.2, 0.25) is 0 Å². The number of nitrogens with one attached hydrogen (secondary N) is 1. The van der Waals surface area contributed by atoms with E-state index in [1.165, 1.54) is 25.7 Å². The van der Waals surface area contributed by atoms with Crippen LogP contribution in [0.2, 0.25) is 0 Å². The Balaban J connectivity index is 1.25. The van der Waals surface area contributed by atoms with Crippen LogP contribution in [-0.4, -0.2) is 55.8 Å². The molecule has 3 aromatic rings. The van der Waals surface area contributed by atoms with Crippen molar-refractivity contribution in [2.45, 2.75) is 82.5 Å². The SMILES string of the molecule is COc1cc(-c2ccc(-c3ccc(N(C4CC4)C4C[C@]5(C)CC[C@](C)(C4)N5)nn3)c(O)c2)nnc1C. The van der Waals surface area contributed by atoms with Crippen molar-refractivity contribution < 1.29 is 9.84 Å². The second-order valence-corrected chi connectivity index (χ2v) is 11.3. The molecule has 188 valence electrons. The van der Waals surface area contributed by atoms with E-state index in [1.807, 2.05) is 31.2 Å². The molecule has 36 heavy (non-hydrogen) atoms. The van der Waals surface area contributed by atoms with Gasteiger partial charge in [-0.3, -0.25) is 0 Å². The maximum absolute atomic E-state index is 10.8. The van der Waals surface area contributed by atoms with E-state index >= 15 is 0 Å². The minimum Gasteiger partial charge on any atom is -0.507 e. The fraction of sp³-hybridized carbons (Fsp3) is 0.500. The van der Waals surface area contributed by atoms with E-state index in [4.69, 9.17) is 4.74 Å². The highest BCUT2D eigenvalue weighted by atomic mass is 16.5. The third-order valence-electron chi connectivity index (χ3n) is 8.17. The highest BCUT2D eigenvalue weighted by molar-refractivity contribution is 5.73. The van der Waals surface area contributed by atoms with Gasteiger partial charge in [0.25, 0.3) is 0 Å². The molecular weight excluding hydrogens is 452 g/mol. The fourth-order valence-corrected chi connectivity index (χ4v) is 6.34. The fourth-order valence-electron chi connectivity index (χ4n) is 6.34. The van der Waals surface area contributed by atoms with Gasteiger partial charge >= 0.3 is 0 Å². The Labute approximate surface area is 212 Å². The van der Waals surface area contributed by atoms with Gasteiger partial charge in [0.1, 0.15) is 17.2 Å². The quantitative estimate of drug-likeness (QED) is 0.520. The van der Waals surface area contributed by atoms with E-state index in [9.17, 15) is 5.11 Å². The molecule has 0 amide bonds. The van der Waals surface area contributed by atoms with Crippen LogP contribution >= 0.6 is 0 Å². The Hall–Kier alpha value is -3.26. The summed E-state index contributed by atoms with van der Waals surface area (Å²) in [6.07, 6.45) is 7.18. The van der Waals surface area contributed by atoms with Crippen LogP contribution in [0, 0.1) is 6.92 Å². The smallest absolute Gasteiger partial charge is 0.151 e. The molecule has 0 radical (unpaired) electrons. The largest absolute Gasteiger partial charge is 0.507 e. The molecular formula is C28H34N6O2. The molecule has 3 aliphatic rings. The molecule has 4 heterocycles. The van der Waals surface area contributed by atoms with Gasteiger partial charge in [0, 0.05) is 40.4 Å². The summed E-state index contributed by atoms with van der Waals surface area (Å²) in [6.45, 7) is 6.59. The van der Waals surface area contributed by atoms with Crippen LogP contribution in [0.1, 0.15) is 58.1 Å². The van der Waals surface area contributed by atoms with Crippen molar-refractivity contribution >= 4 is 5.82 Å². The number of aromatic hydroxyl groups is 1. The normalized spacial score (nSPS) is 27.2. The lowest BCUT2D eigenvalue weighted by Crippen LogP contribution is -2.59. The number of aryl methyl sites for hydroxylation is 1. The first-order chi connectivity index (χ1) is 17.3. The number of hydrogen-bond donors (Lipinski definition) is 2. The third-order valence-corrected chi connectivity index (χ3v) is 8.17. The highest BCUT2D eigenvalue weighted by Crippen LogP contribution is 2.46. The summed E-state index contributed by atoms with van der Waals surface area (Å²) in [5.74, 6) is 1.73. The van der Waals surface area contributed by atoms with Crippen LogP contribution in [0.25, 0.3) is 22.5 Å². The summed E-state index contributed by atoms with van der Waals surface area (Å²) < 4.78 is 5.36. The van der Waals surface area contributed by atoms with Crippen molar-refractivity contribution in [3.8, 4) is 34.0 Å². The number of anilines is 1. The summed E-state index contributed by atoms with van der Waals surface area (Å²) in [7, 11) is 1.61. The van der Waals surface area contributed by atoms with E-state index in [0.29, 0.717) is 34.8 Å². The zero-order valence-corrected chi connectivity index (χ0v) is 21.5. The number of piperidine rings is 1. The summed E-state index contributed by atoms with van der Waals surface area (Å²) in [4.78, 5) is 2.53. The topological polar surface area (TPSA) is 96.3 Å². The summed E-state index contributed by atoms with van der Waals surface area (Å²) in [5, 5.41) is 32.3. The van der Waals surface area contributed by atoms with Gasteiger partial charge in [0.15, 0.2) is 5.82 Å². The summed E-state index contributed by atoms with van der Waals surface area (Å²) in [6, 6.07) is 12.3. The highest BCUT2D eigenvalue weighted by Gasteiger charge is 2.51. The molecule has 6 rings (SSSR count). The Morgan fingerprint density at radius 1 is 0.917 bits per heavy atom. The maximum atomic E-state index is 10.8. The number of ether oxygens (including phenoxy) is 1. The molecule has 1 saturated carbocycles. The number of rotatable bonds is 6. The van der Waals surface area contributed by atoms with E-state index in [0.717, 1.165) is 29.9 Å². The Morgan fingerprint density at radius 2 is 1.64 bits per heavy atom. The average molecular weight is 487 g/mol. The average Bonchev–Trinajstić information content (AvgIpc) is 3.65. The molecule has 3 fully saturated rings. The number of aromatic nitrogens is 4. The molecule has 3 atom stereocenters. The third kappa shape index (κ3) is 4.17. The van der Waals surface area contributed by atoms with Crippen LogP contribution in [0.15, 0.2) is 36.4 Å². The van der Waals surface area contributed by atoms with Crippen LogP contribution in [0.4, 0.5) is 5.82 Å². The van der Waals surface area contributed by atoms with Crippen molar-refractivity contribution in [1.82, 2.24) is 25.7 Å². The minimum atomic E-state index is 0.130. The van der Waals surface area contributed by atoms with Gasteiger partial charge in [-0.2, -0.15) is 5.10 Å². The molecule has 0 spiro atoms. The van der Waals surface area contributed by atoms with Gasteiger partial charge in [-0.1, -0.05) is 6.07 Å². The molecule has 2 saturated heterocycles. The zero-order chi connectivity index (χ0) is 25.1. The first-order valence-corrected chi connectivity index (χ1v) is 12.9. The molecule has 2 N–H and O–H groups in total. The second-order valence-electron chi connectivity index (χ2n) is 11.3. The maximum Gasteiger partial charge on any atom is 0.151 e. The van der Waals surface area contributed by atoms with E-state index in [2.05, 4.69) is 50.5 Å². The minimum absolute atomic E-state index is 0.130. The standard InChI is InChI=1S/C28H34N6O2/c1-17-25(36-4)14-23(31-29-17)18-5-8-21(24(35)13-18)22-9-10-26(32-30-22)34(19-6-7-19)20-15-27(2)11-12-28(3,16-20)33-27/h5,8-10,13-14,19-20,33,35H,6-7,11-12,15-16H2,1-4H3/t20?,27-,28+. The van der Waals surface area contributed by atoms with Crippen molar-refractivity contribution in [2.75, 3.05) is 12.0 Å². The number of fused-ring (bicyclic) bond motifs is 2. The van der Waals surface area contributed by atoms with Crippen molar-refractivity contribution in [1.29, 1.82) is 0 Å². The van der Waals surface area contributed by atoms with Gasteiger partial charge in [0.05, 0.1) is 18.5 Å². The Morgan fingerprint density at radius 3 is 2.25 bits per heavy atom. The first kappa shape index (κ1) is 23.2. The first-order valence-electron chi connectivity index (χ1n) is 12.9. The molecule has 8 nitrogen and oxygen atoms in total. The molecule has 1 aromatic carbocycles. The lowest BCUT2D eigenvalue weighted by molar-refractivity contribution is 0.203. The van der Waals surface area contributed by atoms with E-state index < -0.39 is 0 Å². The Bertz CT molecular complexity index is 1280. The summed E-state index contributed by atoms with van der Waals surface area (Å²) >= 11 is 0. The number of benzene rings is 1. The van der Waals surface area contributed by atoms with Gasteiger partial charge in [-0.05, 0) is 83.6 Å². The number of phenols is 1. The van der Waals surface area contributed by atoms with E-state index in [1.54, 1.807) is 13.2 Å². The van der Waals surface area contributed by atoms with Crippen LogP contribution in [0.3, 0.4) is 0 Å². The predicted octanol–water partition coefficient (Wildman–Crippen LogP) is 4.66. The van der Waals surface area contributed by atoms with E-state index in [-0.39, 0.29) is 16.8 Å². The van der Waals surface area contributed by atoms with Crippen molar-refractivity contribution in [3.63, 3.8) is 0 Å². The molecule has 1 unspecified atom stereocenters. The number of hydrogen-bond acceptors (Lipinski definition) is 8. The van der Waals surface area contributed by atoms with Gasteiger partial charge in [-0.25, -0.2) is 0 Å². The van der Waals surface area contributed by atoms with Crippen molar-refractivity contribution in [2.24, 2.45) is 0 Å². The van der Waals surface area contributed by atoms with Crippen LogP contribution in [0.5, 0.6) is 11.5 Å². The number of nitrogens with zero attached hydrogens (tertiary/aromatic N) is 5. The summed E-state index contributed by atoms with van der Waals surface area (Å²) in [5.41, 5.74) is 3.82. The molecule has 1 aliphatic carbocycles. The molecule has 8 heteroatoms. The Kier molecular flexibility index (Phi) is 5.41. The molecule has 2 bridgehead atoms. The lowest BCUT2D eigenvalue weighted by Gasteiger charge is -2.46. The van der Waals surface area contributed by atoms with Crippen molar-refractivity contribution in [3.05, 3.63) is 42.1 Å². The number of methoxy groups -OCH3 is 1. The second kappa shape index (κ2) is 8.40. The molecule has 2 aliphatic heterocycles. The van der Waals surface area contributed by atoms with Crippen LogP contribution < -0.4 is 15.0 Å². The zero-order valence-electron chi connectivity index (χ0n) is 21.5. The van der Waals surface area contributed by atoms with Crippen LogP contribution in [-0.2, 0) is 0 Å². The number of phenolic OH excluding ortho intramolecular Hbond substituents is 1.